The van der Waals surface area contributed by atoms with Crippen molar-refractivity contribution in [3.05, 3.63) is 63.7 Å². The number of pyridine rings is 2. The molecule has 0 amide bonds. The van der Waals surface area contributed by atoms with Crippen molar-refractivity contribution < 1.29 is 22.0 Å². The summed E-state index contributed by atoms with van der Waals surface area (Å²) in [5, 5.41) is 0.831. The van der Waals surface area contributed by atoms with Crippen LogP contribution in [0.4, 0.5) is 22.0 Å². The van der Waals surface area contributed by atoms with Gasteiger partial charge in [0.15, 0.2) is 0 Å². The van der Waals surface area contributed by atoms with E-state index in [-0.39, 0.29) is 16.2 Å². The molecule has 0 radical (unpaired) electrons. The molecule has 10 heteroatoms. The molecule has 4 nitrogen and oxygen atoms in total. The Hall–Kier alpha value is -2.94. The van der Waals surface area contributed by atoms with Gasteiger partial charge in [0.25, 0.3) is 0 Å². The zero-order chi connectivity index (χ0) is 21.8. The molecule has 0 fully saturated rings. The summed E-state index contributed by atoms with van der Waals surface area (Å²) >= 11 is 6.26. The largest absolute Gasteiger partial charge is 0.455 e. The third kappa shape index (κ3) is 3.13. The summed E-state index contributed by atoms with van der Waals surface area (Å²) in [6, 6.07) is 7.01. The van der Waals surface area contributed by atoms with Crippen LogP contribution in [0.5, 0.6) is 0 Å². The van der Waals surface area contributed by atoms with E-state index in [0.29, 0.717) is 27.4 Å². The summed E-state index contributed by atoms with van der Waals surface area (Å²) in [4.78, 5) is 18.2. The molecule has 1 N–H and O–H groups in total. The van der Waals surface area contributed by atoms with E-state index >= 15 is 0 Å². The highest BCUT2D eigenvalue weighted by atomic mass is 35.5. The minimum Gasteiger partial charge on any atom is -0.334 e. The van der Waals surface area contributed by atoms with Crippen LogP contribution in [0.1, 0.15) is 5.56 Å². The number of nitrogens with zero attached hydrogens (tertiary/aromatic N) is 2. The van der Waals surface area contributed by atoms with Crippen LogP contribution in [0.3, 0.4) is 0 Å². The van der Waals surface area contributed by atoms with Crippen molar-refractivity contribution >= 4 is 33.4 Å². The number of aryl methyl sites for hydroxylation is 1. The fourth-order valence-electron chi connectivity index (χ4n) is 3.68. The lowest BCUT2D eigenvalue weighted by atomic mass is 10.0. The summed E-state index contributed by atoms with van der Waals surface area (Å²) in [6.07, 6.45) is -2.88. The maximum Gasteiger partial charge on any atom is 0.455 e. The van der Waals surface area contributed by atoms with Crippen LogP contribution >= 0.6 is 11.6 Å². The van der Waals surface area contributed by atoms with Crippen molar-refractivity contribution in [1.82, 2.24) is 14.5 Å². The maximum atomic E-state index is 14.1. The Morgan fingerprint density at radius 2 is 1.73 bits per heavy atom. The Kier molecular flexibility index (Phi) is 4.61. The van der Waals surface area contributed by atoms with Gasteiger partial charge in [0.05, 0.1) is 22.8 Å². The first-order chi connectivity index (χ1) is 14.0. The first-order valence-corrected chi connectivity index (χ1v) is 9.08. The molecule has 0 spiro atoms. The first-order valence-electron chi connectivity index (χ1n) is 8.70. The Labute approximate surface area is 170 Å². The molecule has 4 rings (SSSR count). The minimum absolute atomic E-state index is 0.0726. The first kappa shape index (κ1) is 20.3. The van der Waals surface area contributed by atoms with Crippen LogP contribution in [0.25, 0.3) is 33.1 Å². The number of H-pyrrole nitrogens is 1. The number of nitrogens with one attached hydrogen (secondary N) is 1. The minimum atomic E-state index is -5.72. The lowest BCUT2D eigenvalue weighted by molar-refractivity contribution is -0.286. The number of aromatic nitrogens is 3. The molecule has 156 valence electrons. The van der Waals surface area contributed by atoms with E-state index in [1.807, 2.05) is 0 Å². The molecule has 4 aromatic rings. The highest BCUT2D eigenvalue weighted by molar-refractivity contribution is 6.37. The second-order valence-corrected chi connectivity index (χ2v) is 7.27. The van der Waals surface area contributed by atoms with Crippen LogP contribution in [-0.4, -0.2) is 26.6 Å². The van der Waals surface area contributed by atoms with E-state index < -0.39 is 24.2 Å². The number of aromatic amines is 1. The Morgan fingerprint density at radius 3 is 2.37 bits per heavy atom. The molecule has 1 aromatic carbocycles. The van der Waals surface area contributed by atoms with Crippen molar-refractivity contribution in [3.63, 3.8) is 0 Å². The average molecular weight is 442 g/mol. The summed E-state index contributed by atoms with van der Waals surface area (Å²) in [5.41, 5.74) is 1.10. The van der Waals surface area contributed by atoms with Crippen LogP contribution in [0, 0.1) is 6.92 Å². The van der Waals surface area contributed by atoms with Gasteiger partial charge >= 0.3 is 12.1 Å². The lowest BCUT2D eigenvalue weighted by Crippen LogP contribution is -2.40. The second kappa shape index (κ2) is 6.80. The quantitative estimate of drug-likeness (QED) is 0.414. The fourth-order valence-corrected chi connectivity index (χ4v) is 3.98. The van der Waals surface area contributed by atoms with Crippen LogP contribution < -0.4 is 5.56 Å². The number of rotatable bonds is 3. The van der Waals surface area contributed by atoms with Gasteiger partial charge in [0.2, 0.25) is 5.56 Å². The summed E-state index contributed by atoms with van der Waals surface area (Å²) in [6.45, 7) is 0.00613. The molecule has 30 heavy (non-hydrogen) atoms. The predicted molar refractivity (Wildman–Crippen MR) is 104 cm³/mol. The molecule has 0 aliphatic carbocycles. The monoisotopic (exact) mass is 441 g/mol. The van der Waals surface area contributed by atoms with Gasteiger partial charge in [-0.15, -0.1) is 0 Å². The smallest absolute Gasteiger partial charge is 0.334 e. The molecule has 0 aliphatic rings. The van der Waals surface area contributed by atoms with Gasteiger partial charge in [-0.2, -0.15) is 22.0 Å². The third-order valence-electron chi connectivity index (χ3n) is 4.95. The topological polar surface area (TPSA) is 50.7 Å². The lowest BCUT2D eigenvalue weighted by Gasteiger charge is -2.22. The van der Waals surface area contributed by atoms with Gasteiger partial charge in [-0.25, -0.2) is 0 Å². The van der Waals surface area contributed by atoms with E-state index in [4.69, 9.17) is 11.6 Å². The summed E-state index contributed by atoms with van der Waals surface area (Å²) < 4.78 is 68.0. The van der Waals surface area contributed by atoms with Crippen LogP contribution in [0.2, 0.25) is 5.02 Å². The molecule has 0 aliphatic heterocycles. The predicted octanol–water partition coefficient (Wildman–Crippen LogP) is 5.70. The average Bonchev–Trinajstić information content (AvgIpc) is 2.92. The third-order valence-corrected chi connectivity index (χ3v) is 5.25. The normalized spacial score (nSPS) is 12.8. The number of hydrogen-bond acceptors (Lipinski definition) is 2. The van der Waals surface area contributed by atoms with Crippen LogP contribution in [0.15, 0.2) is 47.5 Å². The van der Waals surface area contributed by atoms with E-state index in [0.717, 1.165) is 10.6 Å². The zero-order valence-electron chi connectivity index (χ0n) is 15.3. The second-order valence-electron chi connectivity index (χ2n) is 6.86. The van der Waals surface area contributed by atoms with Gasteiger partial charge in [0.1, 0.15) is 0 Å². The Bertz CT molecular complexity index is 1330. The van der Waals surface area contributed by atoms with E-state index in [9.17, 15) is 26.7 Å². The number of alkyl halides is 5. The van der Waals surface area contributed by atoms with Crippen molar-refractivity contribution in [2.75, 3.05) is 0 Å². The van der Waals surface area contributed by atoms with Crippen LogP contribution in [-0.2, 0) is 6.54 Å². The van der Waals surface area contributed by atoms with Crippen molar-refractivity contribution in [1.29, 1.82) is 0 Å². The Balaban J connectivity index is 2.13. The van der Waals surface area contributed by atoms with Crippen molar-refractivity contribution in [3.8, 4) is 11.3 Å². The van der Waals surface area contributed by atoms with E-state index in [1.165, 1.54) is 36.7 Å². The van der Waals surface area contributed by atoms with Gasteiger partial charge < -0.3 is 9.55 Å². The number of halogens is 6. The summed E-state index contributed by atoms with van der Waals surface area (Å²) in [7, 11) is 0. The molecule has 0 atom stereocenters. The van der Waals surface area contributed by atoms with E-state index in [2.05, 4.69) is 9.97 Å². The number of hydrogen-bond donors (Lipinski definition) is 1. The van der Waals surface area contributed by atoms with Gasteiger partial charge in [-0.3, -0.25) is 9.78 Å². The SMILES string of the molecule is Cc1c(-c2ccncc2)n(CC(F)(F)C(F)(F)F)c2ccc3[nH]c(=O)cc(Cl)c3c12. The molecular formula is C20H13ClF5N3O. The molecule has 0 bridgehead atoms. The highest BCUT2D eigenvalue weighted by Gasteiger charge is 2.57. The van der Waals surface area contributed by atoms with Crippen molar-refractivity contribution in [2.45, 2.75) is 25.6 Å². The molecule has 3 heterocycles. The number of benzene rings is 1. The van der Waals surface area contributed by atoms with Gasteiger partial charge in [-0.1, -0.05) is 11.6 Å². The summed E-state index contributed by atoms with van der Waals surface area (Å²) in [5.74, 6) is -4.96. The van der Waals surface area contributed by atoms with Gasteiger partial charge in [0, 0.05) is 40.3 Å². The molecule has 0 saturated heterocycles. The number of fused-ring (bicyclic) bond motifs is 3. The Morgan fingerprint density at radius 1 is 1.07 bits per heavy atom. The standard InChI is InChI=1S/C20H13ClF5N3O/c1-10-16-14(3-2-13-17(16)12(21)8-15(30)28-13)29(9-19(22,23)20(24,25)26)18(10)11-4-6-27-7-5-11/h2-8H,9H2,1H3,(H,28,30). The fraction of sp³-hybridized carbons (Fsp3) is 0.200. The molecular weight excluding hydrogens is 429 g/mol. The highest BCUT2D eigenvalue weighted by Crippen LogP contribution is 2.43. The zero-order valence-corrected chi connectivity index (χ0v) is 16.1. The van der Waals surface area contributed by atoms with E-state index in [1.54, 1.807) is 6.92 Å². The molecule has 0 saturated carbocycles. The molecule has 3 aromatic heterocycles. The van der Waals surface area contributed by atoms with Crippen molar-refractivity contribution in [2.24, 2.45) is 0 Å². The molecule has 0 unspecified atom stereocenters. The maximum absolute atomic E-state index is 14.1. The van der Waals surface area contributed by atoms with Gasteiger partial charge in [-0.05, 0) is 36.8 Å².